The fourth-order valence-electron chi connectivity index (χ4n) is 1.63. The summed E-state index contributed by atoms with van der Waals surface area (Å²) in [6.07, 6.45) is 0.963. The van der Waals surface area contributed by atoms with Gasteiger partial charge < -0.3 is 9.47 Å². The van der Waals surface area contributed by atoms with Crippen molar-refractivity contribution in [2.75, 3.05) is 18.5 Å². The molecular weight excluding hydrogens is 272 g/mol. The molecule has 7 heteroatoms. The molecule has 0 spiro atoms. The van der Waals surface area contributed by atoms with Gasteiger partial charge in [-0.05, 0) is 25.5 Å². The van der Waals surface area contributed by atoms with E-state index in [1.165, 1.54) is 0 Å². The van der Waals surface area contributed by atoms with E-state index < -0.39 is 0 Å². The zero-order valence-corrected chi connectivity index (χ0v) is 11.8. The number of rotatable bonds is 8. The predicted octanol–water partition coefficient (Wildman–Crippen LogP) is 2.00. The number of aromatic amines is 1. The third-order valence-corrected chi connectivity index (χ3v) is 2.56. The van der Waals surface area contributed by atoms with Gasteiger partial charge in [-0.15, -0.1) is 5.10 Å². The molecule has 0 atom stereocenters. The molecule has 0 bridgehead atoms. The molecule has 0 saturated heterocycles. The smallest absolute Gasteiger partial charge is 0.337 e. The molecule has 0 radical (unpaired) electrons. The van der Waals surface area contributed by atoms with Gasteiger partial charge in [0.05, 0.1) is 13.2 Å². The van der Waals surface area contributed by atoms with Crippen LogP contribution in [0.1, 0.15) is 19.8 Å². The van der Waals surface area contributed by atoms with Gasteiger partial charge in [-0.3, -0.25) is 10.1 Å². The Bertz CT molecular complexity index is 556. The number of para-hydroxylation sites is 1. The van der Waals surface area contributed by atoms with Crippen LogP contribution in [-0.4, -0.2) is 34.3 Å². The Kier molecular flexibility index (Phi) is 5.57. The standard InChI is InChI=1S/C14H18N4O3/c1-2-20-14-16-13(17-18-14)15-12(19)9-6-10-21-11-7-4-3-5-8-11/h3-5,7-8H,2,6,9-10H2,1H3,(H2,15,16,17,18,19). The van der Waals surface area contributed by atoms with Crippen LogP contribution < -0.4 is 14.8 Å². The van der Waals surface area contributed by atoms with Crippen LogP contribution in [0.15, 0.2) is 30.3 Å². The molecule has 0 aliphatic carbocycles. The topological polar surface area (TPSA) is 89.1 Å². The second-order valence-corrected chi connectivity index (χ2v) is 4.21. The summed E-state index contributed by atoms with van der Waals surface area (Å²) in [5.41, 5.74) is 0. The van der Waals surface area contributed by atoms with Crippen LogP contribution in [0, 0.1) is 0 Å². The van der Waals surface area contributed by atoms with E-state index in [9.17, 15) is 4.79 Å². The Morgan fingerprint density at radius 3 is 2.86 bits per heavy atom. The van der Waals surface area contributed by atoms with Crippen molar-refractivity contribution in [2.45, 2.75) is 19.8 Å². The summed E-state index contributed by atoms with van der Waals surface area (Å²) in [5, 5.41) is 9.00. The number of carbonyl (C=O) groups excluding carboxylic acids is 1. The van der Waals surface area contributed by atoms with Crippen LogP contribution in [0.2, 0.25) is 0 Å². The summed E-state index contributed by atoms with van der Waals surface area (Å²) < 4.78 is 10.6. The second kappa shape index (κ2) is 7.88. The van der Waals surface area contributed by atoms with Gasteiger partial charge in [-0.25, -0.2) is 5.10 Å². The number of benzene rings is 1. The number of carbonyl (C=O) groups is 1. The molecule has 0 aliphatic rings. The summed E-state index contributed by atoms with van der Waals surface area (Å²) in [7, 11) is 0. The molecule has 7 nitrogen and oxygen atoms in total. The monoisotopic (exact) mass is 290 g/mol. The van der Waals surface area contributed by atoms with Crippen molar-refractivity contribution in [1.29, 1.82) is 0 Å². The molecule has 1 aromatic heterocycles. The lowest BCUT2D eigenvalue weighted by Crippen LogP contribution is -2.13. The molecule has 2 rings (SSSR count). The van der Waals surface area contributed by atoms with E-state index in [2.05, 4.69) is 20.5 Å². The van der Waals surface area contributed by atoms with E-state index in [0.29, 0.717) is 26.1 Å². The summed E-state index contributed by atoms with van der Waals surface area (Å²) in [5.74, 6) is 0.938. The molecule has 0 fully saturated rings. The SMILES string of the molecule is CCOc1n[nH]c(NC(=O)CCCOc2ccccc2)n1. The van der Waals surface area contributed by atoms with Crippen molar-refractivity contribution in [3.8, 4) is 11.8 Å². The van der Waals surface area contributed by atoms with Gasteiger partial charge in [0.1, 0.15) is 5.75 Å². The highest BCUT2D eigenvalue weighted by molar-refractivity contribution is 5.88. The van der Waals surface area contributed by atoms with Crippen LogP contribution in [0.3, 0.4) is 0 Å². The first-order valence-electron chi connectivity index (χ1n) is 6.81. The number of hydrogen-bond donors (Lipinski definition) is 2. The van der Waals surface area contributed by atoms with Crippen LogP contribution in [-0.2, 0) is 4.79 Å². The molecule has 0 unspecified atom stereocenters. The van der Waals surface area contributed by atoms with E-state index >= 15 is 0 Å². The molecule has 1 aromatic carbocycles. The molecule has 0 saturated carbocycles. The van der Waals surface area contributed by atoms with E-state index in [4.69, 9.17) is 9.47 Å². The molecule has 112 valence electrons. The average Bonchev–Trinajstić information content (AvgIpc) is 2.92. The lowest BCUT2D eigenvalue weighted by molar-refractivity contribution is -0.116. The number of nitrogens with zero attached hydrogens (tertiary/aromatic N) is 2. The van der Waals surface area contributed by atoms with Crippen molar-refractivity contribution >= 4 is 11.9 Å². The Hall–Kier alpha value is -2.57. The third-order valence-electron chi connectivity index (χ3n) is 2.56. The molecule has 2 aromatic rings. The van der Waals surface area contributed by atoms with Crippen molar-refractivity contribution in [3.63, 3.8) is 0 Å². The highest BCUT2D eigenvalue weighted by Crippen LogP contribution is 2.09. The van der Waals surface area contributed by atoms with Crippen LogP contribution in [0.5, 0.6) is 11.8 Å². The summed E-state index contributed by atoms with van der Waals surface area (Å²) in [6, 6.07) is 9.71. The van der Waals surface area contributed by atoms with Gasteiger partial charge in [-0.2, -0.15) is 4.98 Å². The maximum Gasteiger partial charge on any atom is 0.337 e. The number of nitrogens with one attached hydrogen (secondary N) is 2. The summed E-state index contributed by atoms with van der Waals surface area (Å²) in [6.45, 7) is 2.79. The number of hydrogen-bond acceptors (Lipinski definition) is 5. The van der Waals surface area contributed by atoms with E-state index in [1.807, 2.05) is 37.3 Å². The van der Waals surface area contributed by atoms with Gasteiger partial charge in [0, 0.05) is 6.42 Å². The minimum Gasteiger partial charge on any atom is -0.494 e. The van der Waals surface area contributed by atoms with Crippen LogP contribution in [0.25, 0.3) is 0 Å². The molecule has 0 aliphatic heterocycles. The maximum atomic E-state index is 11.7. The average molecular weight is 290 g/mol. The fraction of sp³-hybridized carbons (Fsp3) is 0.357. The minimum absolute atomic E-state index is 0.147. The number of H-pyrrole nitrogens is 1. The predicted molar refractivity (Wildman–Crippen MR) is 77.4 cm³/mol. The quantitative estimate of drug-likeness (QED) is 0.726. The van der Waals surface area contributed by atoms with Crippen molar-refractivity contribution in [2.24, 2.45) is 0 Å². The Labute approximate surface area is 122 Å². The van der Waals surface area contributed by atoms with E-state index in [1.54, 1.807) is 0 Å². The van der Waals surface area contributed by atoms with Gasteiger partial charge in [-0.1, -0.05) is 18.2 Å². The lowest BCUT2D eigenvalue weighted by Gasteiger charge is -2.05. The van der Waals surface area contributed by atoms with Crippen LogP contribution >= 0.6 is 0 Å². The van der Waals surface area contributed by atoms with Crippen molar-refractivity contribution in [1.82, 2.24) is 15.2 Å². The first kappa shape index (κ1) is 14.8. The number of aromatic nitrogens is 3. The third kappa shape index (κ3) is 5.13. The second-order valence-electron chi connectivity index (χ2n) is 4.21. The van der Waals surface area contributed by atoms with Crippen molar-refractivity contribution < 1.29 is 14.3 Å². The minimum atomic E-state index is -0.147. The first-order valence-corrected chi connectivity index (χ1v) is 6.81. The van der Waals surface area contributed by atoms with Crippen LogP contribution in [0.4, 0.5) is 5.95 Å². The van der Waals surface area contributed by atoms with Gasteiger partial charge in [0.15, 0.2) is 0 Å². The highest BCUT2D eigenvalue weighted by Gasteiger charge is 2.07. The normalized spacial score (nSPS) is 10.1. The van der Waals surface area contributed by atoms with Gasteiger partial charge in [0.25, 0.3) is 0 Å². The zero-order chi connectivity index (χ0) is 14.9. The maximum absolute atomic E-state index is 11.7. The Balaban J connectivity index is 1.65. The number of amides is 1. The number of ether oxygens (including phenoxy) is 2. The molecular formula is C14H18N4O3. The lowest BCUT2D eigenvalue weighted by atomic mass is 10.3. The molecule has 21 heavy (non-hydrogen) atoms. The van der Waals surface area contributed by atoms with Crippen molar-refractivity contribution in [3.05, 3.63) is 30.3 Å². The van der Waals surface area contributed by atoms with E-state index in [0.717, 1.165) is 5.75 Å². The zero-order valence-electron chi connectivity index (χ0n) is 11.8. The summed E-state index contributed by atoms with van der Waals surface area (Å²) >= 11 is 0. The molecule has 1 amide bonds. The van der Waals surface area contributed by atoms with Gasteiger partial charge >= 0.3 is 6.01 Å². The first-order chi connectivity index (χ1) is 10.3. The Morgan fingerprint density at radius 1 is 1.29 bits per heavy atom. The molecule has 1 heterocycles. The highest BCUT2D eigenvalue weighted by atomic mass is 16.5. The largest absolute Gasteiger partial charge is 0.494 e. The van der Waals surface area contributed by atoms with E-state index in [-0.39, 0.29) is 17.9 Å². The summed E-state index contributed by atoms with van der Waals surface area (Å²) in [4.78, 5) is 15.7. The Morgan fingerprint density at radius 2 is 2.10 bits per heavy atom. The molecule has 2 N–H and O–H groups in total. The number of anilines is 1. The fourth-order valence-corrected chi connectivity index (χ4v) is 1.63. The van der Waals surface area contributed by atoms with Gasteiger partial charge in [0.2, 0.25) is 11.9 Å².